The zero-order chi connectivity index (χ0) is 20.9. The van der Waals surface area contributed by atoms with E-state index in [-0.39, 0.29) is 0 Å². The van der Waals surface area contributed by atoms with Gasteiger partial charge in [-0.25, -0.2) is 0 Å². The first-order valence-electron chi connectivity index (χ1n) is 9.25. The molecule has 2 aromatic heterocycles. The zero-order valence-electron chi connectivity index (χ0n) is 16.7. The van der Waals surface area contributed by atoms with Gasteiger partial charge in [-0.3, -0.25) is 10.9 Å². The summed E-state index contributed by atoms with van der Waals surface area (Å²) in [6.07, 6.45) is 7.19. The number of ether oxygens (including phenoxy) is 2. The predicted molar refractivity (Wildman–Crippen MR) is 120 cm³/mol. The van der Waals surface area contributed by atoms with E-state index < -0.39 is 0 Å². The fourth-order valence-electron chi connectivity index (χ4n) is 3.09. The Labute approximate surface area is 173 Å². The molecule has 0 unspecified atom stereocenters. The van der Waals surface area contributed by atoms with Gasteiger partial charge in [0.05, 0.1) is 26.6 Å². The van der Waals surface area contributed by atoms with Gasteiger partial charge in [0.2, 0.25) is 0 Å². The minimum atomic E-state index is 0.442. The fraction of sp³-hybridized carbons (Fsp3) is 0.0909. The van der Waals surface area contributed by atoms with Crippen LogP contribution in [0.3, 0.4) is 0 Å². The van der Waals surface area contributed by atoms with Crippen molar-refractivity contribution in [3.8, 4) is 11.5 Å². The summed E-state index contributed by atoms with van der Waals surface area (Å²) >= 11 is 0. The van der Waals surface area contributed by atoms with Crippen LogP contribution >= 0.6 is 0 Å². The van der Waals surface area contributed by atoms with Gasteiger partial charge in [-0.05, 0) is 36.4 Å². The number of hydrogen-bond donors (Lipinski definition) is 4. The number of hydrazone groups is 2. The summed E-state index contributed by atoms with van der Waals surface area (Å²) in [5.41, 5.74) is 9.53. The molecule has 0 spiro atoms. The Hall–Kier alpha value is -4.20. The maximum atomic E-state index is 5.28. The van der Waals surface area contributed by atoms with Crippen molar-refractivity contribution in [3.05, 3.63) is 72.3 Å². The highest BCUT2D eigenvalue weighted by Crippen LogP contribution is 2.23. The summed E-state index contributed by atoms with van der Waals surface area (Å²) in [6, 6.07) is 11.7. The minimum absolute atomic E-state index is 0.442. The van der Waals surface area contributed by atoms with Crippen LogP contribution in [0.4, 0.5) is 0 Å². The molecule has 4 aromatic rings. The molecule has 0 atom stereocenters. The Morgan fingerprint density at radius 2 is 1.30 bits per heavy atom. The molecule has 30 heavy (non-hydrogen) atoms. The van der Waals surface area contributed by atoms with Gasteiger partial charge in [-0.15, -0.1) is 0 Å². The van der Waals surface area contributed by atoms with E-state index in [9.17, 15) is 0 Å². The molecule has 0 radical (unpaired) electrons. The number of nitrogens with zero attached hydrogens (tertiary/aromatic N) is 2. The van der Waals surface area contributed by atoms with Crippen molar-refractivity contribution in [2.75, 3.05) is 14.2 Å². The van der Waals surface area contributed by atoms with Gasteiger partial charge >= 0.3 is 0 Å². The number of nitrogens with one attached hydrogen (secondary N) is 4. The molecule has 0 aliphatic carbocycles. The van der Waals surface area contributed by atoms with Crippen LogP contribution < -0.4 is 20.3 Å². The van der Waals surface area contributed by atoms with Crippen LogP contribution in [0.1, 0.15) is 11.1 Å². The number of methoxy groups -OCH3 is 2. The number of fused-ring (bicyclic) bond motifs is 2. The zero-order valence-corrected chi connectivity index (χ0v) is 16.7. The molecule has 0 amide bonds. The molecule has 0 fully saturated rings. The first-order valence-corrected chi connectivity index (χ1v) is 9.25. The average molecular weight is 402 g/mol. The largest absolute Gasteiger partial charge is 0.497 e. The van der Waals surface area contributed by atoms with Gasteiger partial charge in [0.1, 0.15) is 17.3 Å². The van der Waals surface area contributed by atoms with E-state index in [1.54, 1.807) is 26.6 Å². The van der Waals surface area contributed by atoms with Crippen LogP contribution in [-0.4, -0.2) is 36.6 Å². The Morgan fingerprint density at radius 1 is 0.833 bits per heavy atom. The highest BCUT2D eigenvalue weighted by molar-refractivity contribution is 6.00. The fourth-order valence-corrected chi connectivity index (χ4v) is 3.09. The topological polar surface area (TPSA) is 98.8 Å². The van der Waals surface area contributed by atoms with Gasteiger partial charge in [-0.2, -0.15) is 10.2 Å². The highest BCUT2D eigenvalue weighted by atomic mass is 16.5. The Balaban J connectivity index is 1.37. The molecule has 0 aliphatic rings. The summed E-state index contributed by atoms with van der Waals surface area (Å²) in [6.45, 7) is 3.87. The number of aromatic amines is 2. The van der Waals surface area contributed by atoms with Gasteiger partial charge < -0.3 is 19.4 Å². The lowest BCUT2D eigenvalue weighted by Crippen LogP contribution is -2.17. The predicted octanol–water partition coefficient (Wildman–Crippen LogP) is 3.68. The number of rotatable bonds is 8. The lowest BCUT2D eigenvalue weighted by Gasteiger charge is -2.03. The van der Waals surface area contributed by atoms with E-state index in [1.165, 1.54) is 0 Å². The average Bonchev–Trinajstić information content (AvgIpc) is 3.37. The van der Waals surface area contributed by atoms with E-state index >= 15 is 0 Å². The molecule has 8 heteroatoms. The molecule has 0 saturated heterocycles. The number of hydrogen-bond acceptors (Lipinski definition) is 6. The molecular formula is C22H22N6O2. The second-order valence-electron chi connectivity index (χ2n) is 6.53. The van der Waals surface area contributed by atoms with Crippen molar-refractivity contribution in [1.29, 1.82) is 0 Å². The third kappa shape index (κ3) is 3.97. The number of benzene rings is 2. The maximum absolute atomic E-state index is 5.28. The van der Waals surface area contributed by atoms with Crippen LogP contribution in [0.15, 0.2) is 71.4 Å². The first kappa shape index (κ1) is 19.1. The minimum Gasteiger partial charge on any atom is -0.497 e. The van der Waals surface area contributed by atoms with Crippen molar-refractivity contribution in [2.45, 2.75) is 0 Å². The Bertz CT molecular complexity index is 1160. The standard InChI is InChI=1S/C22H22N6O2/c1-14(27-25-12-15-10-23-21-6-4-17(29-2)8-19(15)21)28-26-13-16-11-24-22-7-5-18(30-3)9-20(16)22/h4-13,23-24,27-28H,1H2,2-3H3/b25-12+,26-13+. The van der Waals surface area contributed by atoms with Crippen molar-refractivity contribution in [3.63, 3.8) is 0 Å². The molecule has 4 N–H and O–H groups in total. The lowest BCUT2D eigenvalue weighted by molar-refractivity contribution is 0.415. The second kappa shape index (κ2) is 8.44. The highest BCUT2D eigenvalue weighted by Gasteiger charge is 2.04. The summed E-state index contributed by atoms with van der Waals surface area (Å²) in [7, 11) is 3.29. The van der Waals surface area contributed by atoms with Gasteiger partial charge in [0.15, 0.2) is 0 Å². The van der Waals surface area contributed by atoms with E-state index in [0.29, 0.717) is 5.82 Å². The first-order chi connectivity index (χ1) is 14.7. The monoisotopic (exact) mass is 402 g/mol. The van der Waals surface area contributed by atoms with E-state index in [1.807, 2.05) is 48.8 Å². The van der Waals surface area contributed by atoms with Crippen molar-refractivity contribution in [2.24, 2.45) is 10.2 Å². The molecular weight excluding hydrogens is 380 g/mol. The summed E-state index contributed by atoms with van der Waals surface area (Å²) < 4.78 is 10.6. The van der Waals surface area contributed by atoms with Crippen LogP contribution in [0.2, 0.25) is 0 Å². The molecule has 0 aliphatic heterocycles. The van der Waals surface area contributed by atoms with Crippen LogP contribution in [-0.2, 0) is 0 Å². The lowest BCUT2D eigenvalue weighted by atomic mass is 10.2. The van der Waals surface area contributed by atoms with Crippen molar-refractivity contribution in [1.82, 2.24) is 20.8 Å². The third-order valence-corrected chi connectivity index (χ3v) is 4.65. The second-order valence-corrected chi connectivity index (χ2v) is 6.53. The molecule has 2 aromatic carbocycles. The number of H-pyrrole nitrogens is 2. The summed E-state index contributed by atoms with van der Waals surface area (Å²) in [5, 5.41) is 10.5. The Morgan fingerprint density at radius 3 is 1.73 bits per heavy atom. The summed E-state index contributed by atoms with van der Waals surface area (Å²) in [5.74, 6) is 2.03. The van der Waals surface area contributed by atoms with Crippen molar-refractivity contribution < 1.29 is 9.47 Å². The molecule has 2 heterocycles. The normalized spacial score (nSPS) is 11.5. The Kier molecular flexibility index (Phi) is 5.38. The van der Waals surface area contributed by atoms with E-state index in [0.717, 1.165) is 44.4 Å². The van der Waals surface area contributed by atoms with Crippen molar-refractivity contribution >= 4 is 34.2 Å². The van der Waals surface area contributed by atoms with Gasteiger partial charge in [0.25, 0.3) is 0 Å². The van der Waals surface area contributed by atoms with E-state index in [4.69, 9.17) is 9.47 Å². The third-order valence-electron chi connectivity index (χ3n) is 4.65. The maximum Gasteiger partial charge on any atom is 0.132 e. The SMILES string of the molecule is C=C(N/N=C/c1c[nH]c2ccc(OC)cc12)N/N=C/c1c[nH]c2ccc(OC)cc12. The smallest absolute Gasteiger partial charge is 0.132 e. The summed E-state index contributed by atoms with van der Waals surface area (Å²) in [4.78, 5) is 6.40. The van der Waals surface area contributed by atoms with Crippen LogP contribution in [0.5, 0.6) is 11.5 Å². The van der Waals surface area contributed by atoms with Gasteiger partial charge in [0, 0.05) is 45.3 Å². The van der Waals surface area contributed by atoms with E-state index in [2.05, 4.69) is 37.6 Å². The molecule has 152 valence electrons. The molecule has 8 nitrogen and oxygen atoms in total. The quantitative estimate of drug-likeness (QED) is 0.267. The molecule has 4 rings (SSSR count). The molecule has 0 bridgehead atoms. The number of aromatic nitrogens is 2. The van der Waals surface area contributed by atoms with Crippen LogP contribution in [0.25, 0.3) is 21.8 Å². The van der Waals surface area contributed by atoms with Crippen LogP contribution in [0, 0.1) is 0 Å². The molecule has 0 saturated carbocycles. The van der Waals surface area contributed by atoms with Gasteiger partial charge in [-0.1, -0.05) is 6.58 Å².